The van der Waals surface area contributed by atoms with Crippen molar-refractivity contribution in [3.8, 4) is 0 Å². The summed E-state index contributed by atoms with van der Waals surface area (Å²) in [4.78, 5) is 25.1. The van der Waals surface area contributed by atoms with E-state index in [0.717, 1.165) is 10.9 Å². The third-order valence-corrected chi connectivity index (χ3v) is 5.80. The highest BCUT2D eigenvalue weighted by molar-refractivity contribution is 8.26. The van der Waals surface area contributed by atoms with E-state index in [1.165, 1.54) is 21.4 Å². The van der Waals surface area contributed by atoms with Crippen LogP contribution in [0.2, 0.25) is 0 Å². The highest BCUT2D eigenvalue weighted by Gasteiger charge is 2.31. The van der Waals surface area contributed by atoms with Gasteiger partial charge in [0.15, 0.2) is 0 Å². The molecule has 1 amide bonds. The summed E-state index contributed by atoms with van der Waals surface area (Å²) in [5.41, 5.74) is 1.01. The van der Waals surface area contributed by atoms with Gasteiger partial charge in [-0.2, -0.15) is 0 Å². The summed E-state index contributed by atoms with van der Waals surface area (Å²) in [6.45, 7) is 0.346. The lowest BCUT2D eigenvalue weighted by Crippen LogP contribution is -2.29. The molecule has 0 unspecified atom stereocenters. The van der Waals surface area contributed by atoms with Crippen molar-refractivity contribution in [1.29, 1.82) is 0 Å². The van der Waals surface area contributed by atoms with Crippen molar-refractivity contribution in [1.82, 2.24) is 4.90 Å². The fourth-order valence-electron chi connectivity index (χ4n) is 2.33. The first-order chi connectivity index (χ1) is 11.1. The number of carbonyl (C=O) groups is 2. The van der Waals surface area contributed by atoms with Crippen LogP contribution in [-0.4, -0.2) is 32.7 Å². The van der Waals surface area contributed by atoms with Gasteiger partial charge in [0.05, 0.1) is 4.91 Å². The SMILES string of the molecule is O=C(O)CCCN1C(=O)/C(=C\c2csc3ccccc23)SC1=S. The number of aliphatic carboxylic acids is 1. The molecule has 0 aliphatic carbocycles. The van der Waals surface area contributed by atoms with E-state index < -0.39 is 5.97 Å². The van der Waals surface area contributed by atoms with Crippen molar-refractivity contribution in [2.24, 2.45) is 0 Å². The Morgan fingerprint density at radius 2 is 2.13 bits per heavy atom. The Morgan fingerprint density at radius 1 is 1.35 bits per heavy atom. The first-order valence-electron chi connectivity index (χ1n) is 6.99. The fourth-order valence-corrected chi connectivity index (χ4v) is 4.55. The maximum absolute atomic E-state index is 12.5. The number of carboxylic acid groups (broad SMARTS) is 1. The summed E-state index contributed by atoms with van der Waals surface area (Å²) in [5, 5.41) is 11.8. The number of nitrogens with zero attached hydrogens (tertiary/aromatic N) is 1. The zero-order chi connectivity index (χ0) is 16.4. The standard InChI is InChI=1S/C16H13NO3S3/c18-14(19)6-3-7-17-15(20)13(23-16(17)21)8-10-9-22-12-5-2-1-4-11(10)12/h1-2,4-5,8-9H,3,6-7H2,(H,18,19)/b13-8+. The van der Waals surface area contributed by atoms with E-state index in [1.807, 2.05) is 29.7 Å². The molecule has 23 heavy (non-hydrogen) atoms. The molecule has 0 spiro atoms. The first kappa shape index (κ1) is 16.2. The monoisotopic (exact) mass is 363 g/mol. The van der Waals surface area contributed by atoms with E-state index >= 15 is 0 Å². The van der Waals surface area contributed by atoms with E-state index in [4.69, 9.17) is 17.3 Å². The molecule has 0 saturated carbocycles. The van der Waals surface area contributed by atoms with Crippen LogP contribution in [0.4, 0.5) is 0 Å². The number of fused-ring (bicyclic) bond motifs is 1. The van der Waals surface area contributed by atoms with Crippen LogP contribution in [0, 0.1) is 0 Å². The number of carboxylic acids is 1. The zero-order valence-electron chi connectivity index (χ0n) is 12.0. The smallest absolute Gasteiger partial charge is 0.303 e. The largest absolute Gasteiger partial charge is 0.481 e. The lowest BCUT2D eigenvalue weighted by Gasteiger charge is -2.13. The lowest BCUT2D eigenvalue weighted by molar-refractivity contribution is -0.137. The Kier molecular flexibility index (Phi) is 4.79. The van der Waals surface area contributed by atoms with Gasteiger partial charge in [-0.05, 0) is 34.9 Å². The molecule has 2 heterocycles. The normalized spacial score (nSPS) is 16.7. The van der Waals surface area contributed by atoms with Crippen LogP contribution in [0.25, 0.3) is 16.2 Å². The van der Waals surface area contributed by atoms with Crippen LogP contribution in [0.1, 0.15) is 18.4 Å². The van der Waals surface area contributed by atoms with Gasteiger partial charge in [-0.25, -0.2) is 0 Å². The molecule has 0 bridgehead atoms. The van der Waals surface area contributed by atoms with E-state index in [1.54, 1.807) is 11.3 Å². The second kappa shape index (κ2) is 6.82. The van der Waals surface area contributed by atoms with Gasteiger partial charge in [0.25, 0.3) is 5.91 Å². The van der Waals surface area contributed by atoms with Gasteiger partial charge < -0.3 is 5.11 Å². The maximum atomic E-state index is 12.5. The number of thiocarbonyl (C=S) groups is 1. The summed E-state index contributed by atoms with van der Waals surface area (Å²) in [7, 11) is 0. The van der Waals surface area contributed by atoms with Gasteiger partial charge in [-0.15, -0.1) is 11.3 Å². The van der Waals surface area contributed by atoms with Crippen LogP contribution >= 0.6 is 35.3 Å². The minimum atomic E-state index is -0.865. The van der Waals surface area contributed by atoms with E-state index in [2.05, 4.69) is 6.07 Å². The minimum Gasteiger partial charge on any atom is -0.481 e. The molecular weight excluding hydrogens is 350 g/mol. The molecule has 1 aliphatic heterocycles. The molecule has 1 saturated heterocycles. The maximum Gasteiger partial charge on any atom is 0.303 e. The molecule has 2 aromatic rings. The van der Waals surface area contributed by atoms with Gasteiger partial charge >= 0.3 is 5.97 Å². The molecule has 1 aromatic heterocycles. The van der Waals surface area contributed by atoms with Crippen molar-refractivity contribution in [3.05, 3.63) is 40.1 Å². The summed E-state index contributed by atoms with van der Waals surface area (Å²) < 4.78 is 1.67. The molecule has 3 rings (SSSR count). The minimum absolute atomic E-state index is 0.0330. The molecule has 0 atom stereocenters. The molecule has 1 N–H and O–H groups in total. The quantitative estimate of drug-likeness (QED) is 0.643. The number of benzene rings is 1. The van der Waals surface area contributed by atoms with E-state index in [-0.39, 0.29) is 12.3 Å². The zero-order valence-corrected chi connectivity index (χ0v) is 14.5. The van der Waals surface area contributed by atoms with Gasteiger partial charge in [0, 0.05) is 17.7 Å². The summed E-state index contributed by atoms with van der Waals surface area (Å²) in [5.74, 6) is -1.00. The Labute approximate surface area is 146 Å². The molecule has 118 valence electrons. The van der Waals surface area contributed by atoms with E-state index in [0.29, 0.717) is 22.2 Å². The number of thioether (sulfide) groups is 1. The Morgan fingerprint density at radius 3 is 2.91 bits per heavy atom. The van der Waals surface area contributed by atoms with Crippen LogP contribution in [-0.2, 0) is 9.59 Å². The highest BCUT2D eigenvalue weighted by Crippen LogP contribution is 2.35. The van der Waals surface area contributed by atoms with Crippen molar-refractivity contribution >= 4 is 67.7 Å². The predicted molar refractivity (Wildman–Crippen MR) is 98.6 cm³/mol. The third-order valence-electron chi connectivity index (χ3n) is 3.44. The van der Waals surface area contributed by atoms with Gasteiger partial charge in [0.1, 0.15) is 4.32 Å². The van der Waals surface area contributed by atoms with Crippen LogP contribution < -0.4 is 0 Å². The van der Waals surface area contributed by atoms with Crippen LogP contribution in [0.3, 0.4) is 0 Å². The summed E-state index contributed by atoms with van der Waals surface area (Å²) in [6.07, 6.45) is 2.30. The Hall–Kier alpha value is -1.70. The van der Waals surface area contributed by atoms with Crippen molar-refractivity contribution in [2.45, 2.75) is 12.8 Å². The van der Waals surface area contributed by atoms with Gasteiger partial charge in [0.2, 0.25) is 0 Å². The lowest BCUT2D eigenvalue weighted by atomic mass is 10.1. The number of carbonyl (C=O) groups excluding carboxylic acids is 1. The molecule has 1 fully saturated rings. The predicted octanol–water partition coefficient (Wildman–Crippen LogP) is 3.97. The average Bonchev–Trinajstić information content (AvgIpc) is 3.04. The van der Waals surface area contributed by atoms with Crippen LogP contribution in [0.15, 0.2) is 34.6 Å². The van der Waals surface area contributed by atoms with Crippen molar-refractivity contribution < 1.29 is 14.7 Å². The Balaban J connectivity index is 1.80. The van der Waals surface area contributed by atoms with E-state index in [9.17, 15) is 9.59 Å². The first-order valence-corrected chi connectivity index (χ1v) is 9.10. The number of hydrogen-bond donors (Lipinski definition) is 1. The fraction of sp³-hybridized carbons (Fsp3) is 0.188. The molecular formula is C16H13NO3S3. The summed E-state index contributed by atoms with van der Waals surface area (Å²) >= 11 is 8.16. The number of rotatable bonds is 5. The Bertz CT molecular complexity index is 825. The van der Waals surface area contributed by atoms with Gasteiger partial charge in [-0.1, -0.05) is 42.2 Å². The molecule has 4 nitrogen and oxygen atoms in total. The molecule has 1 aromatic carbocycles. The molecule has 0 radical (unpaired) electrons. The van der Waals surface area contributed by atoms with Gasteiger partial charge in [-0.3, -0.25) is 14.5 Å². The topological polar surface area (TPSA) is 57.6 Å². The number of hydrogen-bond acceptors (Lipinski definition) is 5. The second-order valence-corrected chi connectivity index (χ2v) is 7.60. The van der Waals surface area contributed by atoms with Crippen LogP contribution in [0.5, 0.6) is 0 Å². The highest BCUT2D eigenvalue weighted by atomic mass is 32.2. The van der Waals surface area contributed by atoms with Crippen molar-refractivity contribution in [2.75, 3.05) is 6.54 Å². The van der Waals surface area contributed by atoms with Crippen molar-refractivity contribution in [3.63, 3.8) is 0 Å². The summed E-state index contributed by atoms with van der Waals surface area (Å²) in [6, 6.07) is 8.05. The number of thiophene rings is 1. The second-order valence-electron chi connectivity index (χ2n) is 5.02. The average molecular weight is 363 g/mol. The third kappa shape index (κ3) is 3.46. The molecule has 1 aliphatic rings. The molecule has 7 heteroatoms. The number of amides is 1.